The monoisotopic (exact) mass is 347 g/mol. The van der Waals surface area contributed by atoms with Crippen LogP contribution in [0.25, 0.3) is 0 Å². The van der Waals surface area contributed by atoms with Crippen LogP contribution in [-0.2, 0) is 11.2 Å². The Hall–Kier alpha value is -1.14. The Balaban J connectivity index is 0.00000200. The third-order valence-electron chi connectivity index (χ3n) is 2.92. The van der Waals surface area contributed by atoms with Crippen LogP contribution in [0.3, 0.4) is 0 Å². The Kier molecular flexibility index (Phi) is 9.99. The molecule has 0 aliphatic rings. The zero-order chi connectivity index (χ0) is 13.5. The van der Waals surface area contributed by atoms with E-state index in [0.717, 1.165) is 17.7 Å². The smallest absolute Gasteiger partial charge is 0.228 e. The molecule has 1 unspecified atom stereocenters. The van der Waals surface area contributed by atoms with E-state index in [0.29, 0.717) is 13.1 Å². The van der Waals surface area contributed by atoms with Crippen molar-refractivity contribution in [3.8, 4) is 0 Å². The normalized spacial score (nSPS) is 10.9. The van der Waals surface area contributed by atoms with Gasteiger partial charge in [-0.15, -0.1) is 36.2 Å². The minimum absolute atomic E-state index is 0. The number of hydrogen-bond donors (Lipinski definition) is 2. The van der Waals surface area contributed by atoms with Crippen molar-refractivity contribution in [2.75, 3.05) is 13.1 Å². The second kappa shape index (κ2) is 10.6. The van der Waals surface area contributed by atoms with Crippen LogP contribution in [0.1, 0.15) is 17.2 Å². The molecule has 1 amide bonds. The van der Waals surface area contributed by atoms with Gasteiger partial charge in [0.1, 0.15) is 0 Å². The average Bonchev–Trinajstić information content (AvgIpc) is 2.94. The number of halogens is 2. The molecule has 4 nitrogen and oxygen atoms in total. The minimum Gasteiger partial charge on any atom is -0.355 e. The molecule has 0 radical (unpaired) electrons. The van der Waals surface area contributed by atoms with Gasteiger partial charge in [-0.3, -0.25) is 4.79 Å². The van der Waals surface area contributed by atoms with E-state index < -0.39 is 0 Å². The van der Waals surface area contributed by atoms with Gasteiger partial charge in [-0.25, -0.2) is 4.98 Å². The zero-order valence-electron chi connectivity index (χ0n) is 11.4. The second-order valence-electron chi connectivity index (χ2n) is 4.22. The lowest BCUT2D eigenvalue weighted by molar-refractivity contribution is -0.122. The van der Waals surface area contributed by atoms with E-state index in [-0.39, 0.29) is 36.6 Å². The highest BCUT2D eigenvalue weighted by molar-refractivity contribution is 7.07. The molecule has 0 saturated heterocycles. The van der Waals surface area contributed by atoms with Crippen molar-refractivity contribution in [3.05, 3.63) is 52.5 Å². The van der Waals surface area contributed by atoms with Gasteiger partial charge in [-0.05, 0) is 5.56 Å². The van der Waals surface area contributed by atoms with Crippen molar-refractivity contribution in [3.63, 3.8) is 0 Å². The van der Waals surface area contributed by atoms with Gasteiger partial charge in [0.25, 0.3) is 0 Å². The van der Waals surface area contributed by atoms with E-state index in [1.807, 2.05) is 35.7 Å². The van der Waals surface area contributed by atoms with Crippen molar-refractivity contribution < 1.29 is 4.79 Å². The van der Waals surface area contributed by atoms with Gasteiger partial charge in [-0.1, -0.05) is 30.3 Å². The lowest BCUT2D eigenvalue weighted by atomic mass is 9.98. The van der Waals surface area contributed by atoms with Gasteiger partial charge in [0.05, 0.1) is 17.1 Å². The van der Waals surface area contributed by atoms with Crippen LogP contribution >= 0.6 is 36.2 Å². The summed E-state index contributed by atoms with van der Waals surface area (Å²) in [4.78, 5) is 16.3. The van der Waals surface area contributed by atoms with Crippen LogP contribution in [0.4, 0.5) is 0 Å². The summed E-state index contributed by atoms with van der Waals surface area (Å²) in [6.45, 7) is 0.901. The van der Waals surface area contributed by atoms with Crippen molar-refractivity contribution in [1.29, 1.82) is 0 Å². The lowest BCUT2D eigenvalue weighted by Gasteiger charge is -2.14. The van der Waals surface area contributed by atoms with Crippen molar-refractivity contribution >= 4 is 42.1 Å². The summed E-state index contributed by atoms with van der Waals surface area (Å²) in [7, 11) is 0. The number of aromatic nitrogens is 1. The molecule has 0 aliphatic carbocycles. The Labute approximate surface area is 141 Å². The molecule has 116 valence electrons. The largest absolute Gasteiger partial charge is 0.355 e. The molecular weight excluding hydrogens is 329 g/mol. The van der Waals surface area contributed by atoms with Crippen LogP contribution in [0, 0.1) is 0 Å². The van der Waals surface area contributed by atoms with Gasteiger partial charge in [0.15, 0.2) is 0 Å². The van der Waals surface area contributed by atoms with E-state index in [9.17, 15) is 4.79 Å². The molecule has 7 heteroatoms. The molecule has 2 rings (SSSR count). The van der Waals surface area contributed by atoms with Crippen LogP contribution in [0.15, 0.2) is 41.2 Å². The summed E-state index contributed by atoms with van der Waals surface area (Å²) in [5, 5.41) is 4.91. The molecular formula is C14H19Cl2N3OS. The molecule has 0 bridgehead atoms. The van der Waals surface area contributed by atoms with Gasteiger partial charge < -0.3 is 11.1 Å². The SMILES string of the molecule is Cl.Cl.NCC(C(=O)NCCc1cscn1)c1ccccc1. The first kappa shape index (κ1) is 19.9. The Bertz CT molecular complexity index is 508. The highest BCUT2D eigenvalue weighted by atomic mass is 35.5. The maximum Gasteiger partial charge on any atom is 0.228 e. The van der Waals surface area contributed by atoms with Gasteiger partial charge in [0, 0.05) is 24.9 Å². The number of rotatable bonds is 6. The number of carbonyl (C=O) groups excluding carboxylic acids is 1. The number of nitrogens with one attached hydrogen (secondary N) is 1. The molecule has 0 fully saturated rings. The van der Waals surface area contributed by atoms with E-state index in [1.54, 1.807) is 16.8 Å². The van der Waals surface area contributed by atoms with E-state index in [2.05, 4.69) is 10.3 Å². The maximum absolute atomic E-state index is 12.1. The summed E-state index contributed by atoms with van der Waals surface area (Å²) in [6, 6.07) is 9.62. The highest BCUT2D eigenvalue weighted by Gasteiger charge is 2.18. The zero-order valence-corrected chi connectivity index (χ0v) is 13.8. The first-order valence-electron chi connectivity index (χ1n) is 6.21. The molecule has 2 aromatic rings. The fourth-order valence-electron chi connectivity index (χ4n) is 1.88. The predicted molar refractivity (Wildman–Crippen MR) is 91.6 cm³/mol. The van der Waals surface area contributed by atoms with Crippen molar-refractivity contribution in [2.45, 2.75) is 12.3 Å². The molecule has 1 heterocycles. The summed E-state index contributed by atoms with van der Waals surface area (Å²) in [5.41, 5.74) is 9.46. The van der Waals surface area contributed by atoms with E-state index >= 15 is 0 Å². The Morgan fingerprint density at radius 2 is 2.00 bits per heavy atom. The molecule has 1 atom stereocenters. The number of nitrogens with two attached hydrogens (primary N) is 1. The van der Waals surface area contributed by atoms with E-state index in [4.69, 9.17) is 5.73 Å². The topological polar surface area (TPSA) is 68.0 Å². The van der Waals surface area contributed by atoms with Crippen LogP contribution in [-0.4, -0.2) is 24.0 Å². The summed E-state index contributed by atoms with van der Waals surface area (Å²) >= 11 is 1.56. The molecule has 3 N–H and O–H groups in total. The fraction of sp³-hybridized carbons (Fsp3) is 0.286. The minimum atomic E-state index is -0.281. The molecule has 0 spiro atoms. The lowest BCUT2D eigenvalue weighted by Crippen LogP contribution is -2.34. The average molecular weight is 348 g/mol. The van der Waals surface area contributed by atoms with Gasteiger partial charge >= 0.3 is 0 Å². The first-order chi connectivity index (χ1) is 9.31. The number of hydrogen-bond acceptors (Lipinski definition) is 4. The Morgan fingerprint density at radius 3 is 2.57 bits per heavy atom. The Morgan fingerprint density at radius 1 is 1.29 bits per heavy atom. The predicted octanol–water partition coefficient (Wildman–Crippen LogP) is 2.39. The fourth-order valence-corrected chi connectivity index (χ4v) is 2.47. The van der Waals surface area contributed by atoms with Gasteiger partial charge in [-0.2, -0.15) is 0 Å². The standard InChI is InChI=1S/C14H17N3OS.2ClH/c15-8-13(11-4-2-1-3-5-11)14(18)16-7-6-12-9-19-10-17-12;;/h1-5,9-10,13H,6-8,15H2,(H,16,18);2*1H. The van der Waals surface area contributed by atoms with E-state index in [1.165, 1.54) is 0 Å². The van der Waals surface area contributed by atoms with Crippen LogP contribution in [0.5, 0.6) is 0 Å². The molecule has 1 aromatic heterocycles. The van der Waals surface area contributed by atoms with Gasteiger partial charge in [0.2, 0.25) is 5.91 Å². The summed E-state index contributed by atoms with van der Waals surface area (Å²) in [6.07, 6.45) is 0.751. The van der Waals surface area contributed by atoms with Crippen LogP contribution in [0.2, 0.25) is 0 Å². The summed E-state index contributed by atoms with van der Waals surface area (Å²) < 4.78 is 0. The number of nitrogens with zero attached hydrogens (tertiary/aromatic N) is 1. The number of amides is 1. The molecule has 0 saturated carbocycles. The van der Waals surface area contributed by atoms with Crippen molar-refractivity contribution in [2.24, 2.45) is 5.73 Å². The quantitative estimate of drug-likeness (QED) is 0.842. The first-order valence-corrected chi connectivity index (χ1v) is 7.15. The third-order valence-corrected chi connectivity index (χ3v) is 3.55. The molecule has 21 heavy (non-hydrogen) atoms. The highest BCUT2D eigenvalue weighted by Crippen LogP contribution is 2.14. The molecule has 1 aromatic carbocycles. The molecule has 0 aliphatic heterocycles. The number of thiazole rings is 1. The maximum atomic E-state index is 12.1. The van der Waals surface area contributed by atoms with Crippen LogP contribution < -0.4 is 11.1 Å². The number of benzene rings is 1. The summed E-state index contributed by atoms with van der Waals surface area (Å²) in [5.74, 6) is -0.305. The second-order valence-corrected chi connectivity index (χ2v) is 4.94. The third kappa shape index (κ3) is 6.01. The number of carbonyl (C=O) groups is 1. The van der Waals surface area contributed by atoms with Crippen molar-refractivity contribution in [1.82, 2.24) is 10.3 Å².